The summed E-state index contributed by atoms with van der Waals surface area (Å²) < 4.78 is 11.2. The van der Waals surface area contributed by atoms with Crippen LogP contribution in [0.25, 0.3) is 0 Å². The topological polar surface area (TPSA) is 55.8 Å². The molecule has 3 rings (SSSR count). The van der Waals surface area contributed by atoms with Gasteiger partial charge in [0.2, 0.25) is 0 Å². The van der Waals surface area contributed by atoms with Gasteiger partial charge in [0.05, 0.1) is 36.4 Å². The van der Waals surface area contributed by atoms with Crippen molar-refractivity contribution in [2.75, 3.05) is 14.2 Å². The molecule has 0 saturated heterocycles. The molecule has 0 bridgehead atoms. The second-order valence-corrected chi connectivity index (χ2v) is 5.81. The number of imide groups is 1. The van der Waals surface area contributed by atoms with E-state index in [1.165, 1.54) is 12.0 Å². The number of benzene rings is 2. The lowest BCUT2D eigenvalue weighted by atomic mass is 10.1. The molecule has 0 aliphatic carbocycles. The molecule has 1 aliphatic heterocycles. The molecular weight excluding hydrogens is 362 g/mol. The molecule has 0 spiro atoms. The Bertz CT molecular complexity index is 768. The monoisotopic (exact) mass is 375 g/mol. The summed E-state index contributed by atoms with van der Waals surface area (Å²) in [6.07, 6.45) is 0. The van der Waals surface area contributed by atoms with E-state index in [0.29, 0.717) is 27.1 Å². The van der Waals surface area contributed by atoms with Crippen molar-refractivity contribution in [3.63, 3.8) is 0 Å². The standard InChI is InChI=1S/C17H14BrNO4/c1-22-13-8-7-10(14(18)15(13)23-2)9-19-16(20)11-5-3-4-6-12(11)17(19)21/h3-8H,9H2,1-2H3. The Morgan fingerprint density at radius 3 is 2.09 bits per heavy atom. The van der Waals surface area contributed by atoms with E-state index in [1.54, 1.807) is 43.5 Å². The largest absolute Gasteiger partial charge is 0.493 e. The molecule has 2 aromatic rings. The third-order valence-electron chi connectivity index (χ3n) is 3.77. The third kappa shape index (κ3) is 2.49. The van der Waals surface area contributed by atoms with Crippen molar-refractivity contribution in [3.8, 4) is 11.5 Å². The van der Waals surface area contributed by atoms with Crippen LogP contribution in [0.3, 0.4) is 0 Å². The van der Waals surface area contributed by atoms with E-state index in [1.807, 2.05) is 0 Å². The van der Waals surface area contributed by atoms with Crippen molar-refractivity contribution in [1.29, 1.82) is 0 Å². The number of methoxy groups -OCH3 is 2. The van der Waals surface area contributed by atoms with Gasteiger partial charge >= 0.3 is 0 Å². The van der Waals surface area contributed by atoms with Crippen molar-refractivity contribution >= 4 is 27.7 Å². The Morgan fingerprint density at radius 1 is 0.957 bits per heavy atom. The molecule has 0 N–H and O–H groups in total. The Hall–Kier alpha value is -2.34. The summed E-state index contributed by atoms with van der Waals surface area (Å²) in [6, 6.07) is 10.4. The summed E-state index contributed by atoms with van der Waals surface area (Å²) >= 11 is 3.46. The highest BCUT2D eigenvalue weighted by Crippen LogP contribution is 2.38. The number of hydrogen-bond donors (Lipinski definition) is 0. The van der Waals surface area contributed by atoms with Crippen LogP contribution in [0.5, 0.6) is 11.5 Å². The van der Waals surface area contributed by atoms with Gasteiger partial charge in [-0.3, -0.25) is 14.5 Å². The van der Waals surface area contributed by atoms with Crippen molar-refractivity contribution < 1.29 is 19.1 Å². The smallest absolute Gasteiger partial charge is 0.261 e. The average molecular weight is 376 g/mol. The first-order valence-electron chi connectivity index (χ1n) is 6.93. The number of amides is 2. The van der Waals surface area contributed by atoms with E-state index in [4.69, 9.17) is 9.47 Å². The van der Waals surface area contributed by atoms with Crippen molar-refractivity contribution in [3.05, 3.63) is 57.6 Å². The molecule has 0 unspecified atom stereocenters. The van der Waals surface area contributed by atoms with Crippen LogP contribution >= 0.6 is 15.9 Å². The Morgan fingerprint density at radius 2 is 1.57 bits per heavy atom. The highest BCUT2D eigenvalue weighted by atomic mass is 79.9. The zero-order valence-corrected chi connectivity index (χ0v) is 14.2. The zero-order chi connectivity index (χ0) is 16.6. The van der Waals surface area contributed by atoms with Crippen LogP contribution in [0, 0.1) is 0 Å². The fourth-order valence-corrected chi connectivity index (χ4v) is 3.22. The number of fused-ring (bicyclic) bond motifs is 1. The van der Waals surface area contributed by atoms with E-state index in [0.717, 1.165) is 5.56 Å². The fourth-order valence-electron chi connectivity index (χ4n) is 2.61. The van der Waals surface area contributed by atoms with Gasteiger partial charge < -0.3 is 9.47 Å². The molecule has 0 atom stereocenters. The van der Waals surface area contributed by atoms with Crippen LogP contribution in [0.2, 0.25) is 0 Å². The average Bonchev–Trinajstić information content (AvgIpc) is 2.81. The number of ether oxygens (including phenoxy) is 2. The molecule has 2 amide bonds. The molecule has 6 heteroatoms. The minimum Gasteiger partial charge on any atom is -0.493 e. The first kappa shape index (κ1) is 15.6. The lowest BCUT2D eigenvalue weighted by Crippen LogP contribution is -2.29. The first-order chi connectivity index (χ1) is 11.1. The molecule has 0 aromatic heterocycles. The van der Waals surface area contributed by atoms with Gasteiger partial charge in [-0.2, -0.15) is 0 Å². The Labute approximate surface area is 141 Å². The predicted molar refractivity (Wildman–Crippen MR) is 87.9 cm³/mol. The number of nitrogens with zero attached hydrogens (tertiary/aromatic N) is 1. The maximum absolute atomic E-state index is 12.4. The van der Waals surface area contributed by atoms with Gasteiger partial charge in [-0.25, -0.2) is 0 Å². The zero-order valence-electron chi connectivity index (χ0n) is 12.6. The van der Waals surface area contributed by atoms with Gasteiger partial charge in [0, 0.05) is 0 Å². The van der Waals surface area contributed by atoms with Crippen LogP contribution in [0.1, 0.15) is 26.3 Å². The van der Waals surface area contributed by atoms with Gasteiger partial charge in [0.1, 0.15) is 0 Å². The second-order valence-electron chi connectivity index (χ2n) is 5.02. The summed E-state index contributed by atoms with van der Waals surface area (Å²) in [6.45, 7) is 0.160. The van der Waals surface area contributed by atoms with E-state index >= 15 is 0 Å². The molecule has 1 heterocycles. The van der Waals surface area contributed by atoms with Crippen LogP contribution in [0.15, 0.2) is 40.9 Å². The second kappa shape index (κ2) is 6.04. The molecule has 0 fully saturated rings. The van der Waals surface area contributed by atoms with Crippen molar-refractivity contribution in [2.45, 2.75) is 6.54 Å². The summed E-state index contributed by atoms with van der Waals surface area (Å²) in [5.41, 5.74) is 1.64. The highest BCUT2D eigenvalue weighted by Gasteiger charge is 2.35. The van der Waals surface area contributed by atoms with Crippen molar-refractivity contribution in [1.82, 2.24) is 4.90 Å². The molecule has 0 saturated carbocycles. The minimum atomic E-state index is -0.285. The van der Waals surface area contributed by atoms with Crippen LogP contribution in [0.4, 0.5) is 0 Å². The van der Waals surface area contributed by atoms with E-state index in [2.05, 4.69) is 15.9 Å². The highest BCUT2D eigenvalue weighted by molar-refractivity contribution is 9.10. The summed E-state index contributed by atoms with van der Waals surface area (Å²) in [5.74, 6) is 0.534. The number of hydrogen-bond acceptors (Lipinski definition) is 4. The van der Waals surface area contributed by atoms with Crippen LogP contribution < -0.4 is 9.47 Å². The van der Waals surface area contributed by atoms with Gasteiger partial charge in [0.25, 0.3) is 11.8 Å². The van der Waals surface area contributed by atoms with Gasteiger partial charge in [-0.1, -0.05) is 18.2 Å². The maximum atomic E-state index is 12.4. The van der Waals surface area contributed by atoms with Gasteiger partial charge in [0.15, 0.2) is 11.5 Å². The lowest BCUT2D eigenvalue weighted by Gasteiger charge is -2.17. The summed E-state index contributed by atoms with van der Waals surface area (Å²) in [4.78, 5) is 26.1. The van der Waals surface area contributed by atoms with E-state index < -0.39 is 0 Å². The first-order valence-corrected chi connectivity index (χ1v) is 7.72. The molecule has 23 heavy (non-hydrogen) atoms. The predicted octanol–water partition coefficient (Wildman–Crippen LogP) is 3.26. The molecular formula is C17H14BrNO4. The quantitative estimate of drug-likeness (QED) is 0.769. The Balaban J connectivity index is 1.95. The molecule has 5 nitrogen and oxygen atoms in total. The normalized spacial score (nSPS) is 13.3. The minimum absolute atomic E-state index is 0.160. The van der Waals surface area contributed by atoms with Crippen molar-refractivity contribution in [2.24, 2.45) is 0 Å². The fraction of sp³-hybridized carbons (Fsp3) is 0.176. The maximum Gasteiger partial charge on any atom is 0.261 e. The van der Waals surface area contributed by atoms with Crippen LogP contribution in [-0.4, -0.2) is 30.9 Å². The van der Waals surface area contributed by atoms with Gasteiger partial charge in [-0.05, 0) is 39.7 Å². The Kier molecular flexibility index (Phi) is 4.09. The van der Waals surface area contributed by atoms with E-state index in [-0.39, 0.29) is 18.4 Å². The third-order valence-corrected chi connectivity index (χ3v) is 4.64. The molecule has 118 valence electrons. The summed E-state index contributed by atoms with van der Waals surface area (Å²) in [7, 11) is 3.09. The number of carbonyl (C=O) groups is 2. The van der Waals surface area contributed by atoms with Crippen LogP contribution in [-0.2, 0) is 6.54 Å². The number of rotatable bonds is 4. The lowest BCUT2D eigenvalue weighted by molar-refractivity contribution is 0.0642. The molecule has 0 radical (unpaired) electrons. The SMILES string of the molecule is COc1ccc(CN2C(=O)c3ccccc3C2=O)c(Br)c1OC. The van der Waals surface area contributed by atoms with E-state index in [9.17, 15) is 9.59 Å². The number of carbonyl (C=O) groups excluding carboxylic acids is 2. The molecule has 1 aliphatic rings. The number of halogens is 1. The summed E-state index contributed by atoms with van der Waals surface area (Å²) in [5, 5.41) is 0. The molecule has 2 aromatic carbocycles. The van der Waals surface area contributed by atoms with Gasteiger partial charge in [-0.15, -0.1) is 0 Å².